The number of amides is 1. The lowest BCUT2D eigenvalue weighted by Gasteiger charge is -2.41. The summed E-state index contributed by atoms with van der Waals surface area (Å²) in [4.78, 5) is 13.3. The predicted molar refractivity (Wildman–Crippen MR) is 36.4 cm³/mol. The molecule has 0 aromatic carbocycles. The fourth-order valence-corrected chi connectivity index (χ4v) is 1.47. The fourth-order valence-electron chi connectivity index (χ4n) is 1.47. The first-order chi connectivity index (χ1) is 4.76. The first-order valence-electron chi connectivity index (χ1n) is 3.46. The van der Waals surface area contributed by atoms with E-state index in [1.54, 1.807) is 0 Å². The second-order valence-electron chi connectivity index (χ2n) is 3.00. The summed E-state index contributed by atoms with van der Waals surface area (Å²) in [5.41, 5.74) is -0.194. The van der Waals surface area contributed by atoms with Gasteiger partial charge in [0.2, 0.25) is 5.91 Å². The lowest BCUT2D eigenvalue weighted by molar-refractivity contribution is -0.128. The van der Waals surface area contributed by atoms with Gasteiger partial charge in [-0.1, -0.05) is 0 Å². The molecule has 0 aliphatic carbocycles. The number of nitrogens with one attached hydrogen (secondary N) is 2. The smallest absolute Gasteiger partial charge is 0.244 e. The van der Waals surface area contributed by atoms with E-state index in [-0.39, 0.29) is 11.4 Å². The minimum Gasteiger partial charge on any atom is -0.342 e. The van der Waals surface area contributed by atoms with Gasteiger partial charge in [-0.05, 0) is 7.05 Å². The van der Waals surface area contributed by atoms with Gasteiger partial charge in [0.05, 0.1) is 6.67 Å². The number of carbonyl (C=O) groups excluding carboxylic acids is 1. The van der Waals surface area contributed by atoms with Crippen molar-refractivity contribution in [3.63, 3.8) is 0 Å². The second kappa shape index (κ2) is 1.71. The standard InChI is InChI=1S/C6H11N3O/c1-9-4-8-5(10)6(9)2-7-3-6/h7H,2-4H2,1H3,(H,8,10). The second-order valence-corrected chi connectivity index (χ2v) is 3.00. The molecule has 2 N–H and O–H groups in total. The third-order valence-electron chi connectivity index (χ3n) is 2.47. The van der Waals surface area contributed by atoms with Gasteiger partial charge in [-0.3, -0.25) is 9.69 Å². The monoisotopic (exact) mass is 141 g/mol. The van der Waals surface area contributed by atoms with Crippen LogP contribution < -0.4 is 10.6 Å². The molecule has 0 bridgehead atoms. The summed E-state index contributed by atoms with van der Waals surface area (Å²) in [6.45, 7) is 2.30. The van der Waals surface area contributed by atoms with Crippen molar-refractivity contribution in [1.82, 2.24) is 15.5 Å². The van der Waals surface area contributed by atoms with Gasteiger partial charge in [0, 0.05) is 13.1 Å². The van der Waals surface area contributed by atoms with Crippen molar-refractivity contribution >= 4 is 5.91 Å². The highest BCUT2D eigenvalue weighted by molar-refractivity contribution is 5.89. The average Bonchev–Trinajstić information content (AvgIpc) is 2.06. The van der Waals surface area contributed by atoms with E-state index < -0.39 is 0 Å². The Labute approximate surface area is 59.6 Å². The third kappa shape index (κ3) is 0.507. The summed E-state index contributed by atoms with van der Waals surface area (Å²) in [6, 6.07) is 0. The highest BCUT2D eigenvalue weighted by Crippen LogP contribution is 2.22. The Morgan fingerprint density at radius 2 is 2.30 bits per heavy atom. The quantitative estimate of drug-likeness (QED) is 0.425. The summed E-state index contributed by atoms with van der Waals surface area (Å²) in [7, 11) is 1.97. The maximum absolute atomic E-state index is 11.2. The minimum absolute atomic E-state index is 0.175. The van der Waals surface area contributed by atoms with Gasteiger partial charge >= 0.3 is 0 Å². The molecule has 0 radical (unpaired) electrons. The van der Waals surface area contributed by atoms with Gasteiger partial charge in [-0.2, -0.15) is 0 Å². The van der Waals surface area contributed by atoms with E-state index in [0.29, 0.717) is 6.67 Å². The van der Waals surface area contributed by atoms with Crippen LogP contribution in [-0.4, -0.2) is 43.2 Å². The highest BCUT2D eigenvalue weighted by Gasteiger charge is 2.51. The van der Waals surface area contributed by atoms with Crippen molar-refractivity contribution in [3.8, 4) is 0 Å². The number of hydrogen-bond donors (Lipinski definition) is 2. The maximum atomic E-state index is 11.2. The van der Waals surface area contributed by atoms with E-state index in [9.17, 15) is 4.79 Å². The molecule has 2 rings (SSSR count). The van der Waals surface area contributed by atoms with Crippen LogP contribution in [0, 0.1) is 0 Å². The molecule has 2 aliphatic rings. The lowest BCUT2D eigenvalue weighted by atomic mass is 9.92. The molecule has 4 nitrogen and oxygen atoms in total. The largest absolute Gasteiger partial charge is 0.342 e. The molecule has 0 saturated carbocycles. The zero-order valence-corrected chi connectivity index (χ0v) is 5.98. The molecule has 2 heterocycles. The topological polar surface area (TPSA) is 44.4 Å². The van der Waals surface area contributed by atoms with Crippen LogP contribution in [0.4, 0.5) is 0 Å². The Morgan fingerprint density at radius 1 is 1.60 bits per heavy atom. The Kier molecular flexibility index (Phi) is 1.04. The van der Waals surface area contributed by atoms with Crippen molar-refractivity contribution < 1.29 is 4.79 Å². The van der Waals surface area contributed by atoms with Crippen molar-refractivity contribution in [2.24, 2.45) is 0 Å². The van der Waals surface area contributed by atoms with Crippen LogP contribution in [-0.2, 0) is 4.79 Å². The van der Waals surface area contributed by atoms with Gasteiger partial charge in [0.15, 0.2) is 0 Å². The predicted octanol–water partition coefficient (Wildman–Crippen LogP) is -1.65. The van der Waals surface area contributed by atoms with Crippen molar-refractivity contribution in [3.05, 3.63) is 0 Å². The van der Waals surface area contributed by atoms with E-state index in [4.69, 9.17) is 0 Å². The summed E-state index contributed by atoms with van der Waals surface area (Å²) >= 11 is 0. The molecule has 0 unspecified atom stereocenters. The molecule has 4 heteroatoms. The minimum atomic E-state index is -0.194. The zero-order chi connectivity index (χ0) is 7.19. The third-order valence-corrected chi connectivity index (χ3v) is 2.47. The van der Waals surface area contributed by atoms with Gasteiger partial charge in [-0.25, -0.2) is 0 Å². The Hall–Kier alpha value is -0.610. The Balaban J connectivity index is 2.23. The Morgan fingerprint density at radius 3 is 2.50 bits per heavy atom. The first kappa shape index (κ1) is 6.12. The lowest BCUT2D eigenvalue weighted by Crippen LogP contribution is -2.69. The summed E-state index contributed by atoms with van der Waals surface area (Å²) in [6.07, 6.45) is 0. The van der Waals surface area contributed by atoms with Gasteiger partial charge < -0.3 is 10.6 Å². The molecule has 10 heavy (non-hydrogen) atoms. The molecule has 1 amide bonds. The van der Waals surface area contributed by atoms with Crippen LogP contribution in [0.3, 0.4) is 0 Å². The van der Waals surface area contributed by atoms with Gasteiger partial charge in [0.25, 0.3) is 0 Å². The van der Waals surface area contributed by atoms with Crippen LogP contribution in [0.2, 0.25) is 0 Å². The number of hydrogen-bond acceptors (Lipinski definition) is 3. The number of carbonyl (C=O) groups is 1. The molecule has 0 aromatic heterocycles. The molecule has 1 spiro atoms. The molecule has 56 valence electrons. The van der Waals surface area contributed by atoms with Crippen LogP contribution in [0.25, 0.3) is 0 Å². The molecule has 2 saturated heterocycles. The Bertz CT molecular complexity index is 176. The molecule has 0 atom stereocenters. The van der Waals surface area contributed by atoms with Crippen molar-refractivity contribution in [1.29, 1.82) is 0 Å². The van der Waals surface area contributed by atoms with E-state index in [2.05, 4.69) is 15.5 Å². The van der Waals surface area contributed by atoms with Crippen LogP contribution in [0.5, 0.6) is 0 Å². The van der Waals surface area contributed by atoms with Crippen LogP contribution in [0.15, 0.2) is 0 Å². The van der Waals surface area contributed by atoms with Gasteiger partial charge in [-0.15, -0.1) is 0 Å². The summed E-state index contributed by atoms with van der Waals surface area (Å²) in [5, 5.41) is 5.91. The summed E-state index contributed by atoms with van der Waals surface area (Å²) < 4.78 is 0. The normalized spacial score (nSPS) is 30.3. The molecule has 2 fully saturated rings. The maximum Gasteiger partial charge on any atom is 0.244 e. The van der Waals surface area contributed by atoms with E-state index >= 15 is 0 Å². The van der Waals surface area contributed by atoms with E-state index in [0.717, 1.165) is 13.1 Å². The fraction of sp³-hybridized carbons (Fsp3) is 0.833. The first-order valence-corrected chi connectivity index (χ1v) is 3.46. The van der Waals surface area contributed by atoms with Crippen molar-refractivity contribution in [2.45, 2.75) is 5.54 Å². The molecule has 0 aromatic rings. The number of likely N-dealkylation sites (N-methyl/N-ethyl adjacent to an activating group) is 1. The number of nitrogens with zero attached hydrogens (tertiary/aromatic N) is 1. The highest BCUT2D eigenvalue weighted by atomic mass is 16.2. The zero-order valence-electron chi connectivity index (χ0n) is 5.98. The van der Waals surface area contributed by atoms with E-state index in [1.165, 1.54) is 0 Å². The summed E-state index contributed by atoms with van der Waals surface area (Å²) in [5.74, 6) is 0.175. The SMILES string of the molecule is CN1CNC(=O)C12CNC2. The van der Waals surface area contributed by atoms with Crippen LogP contribution in [0.1, 0.15) is 0 Å². The van der Waals surface area contributed by atoms with Gasteiger partial charge in [0.1, 0.15) is 5.54 Å². The van der Waals surface area contributed by atoms with Crippen LogP contribution >= 0.6 is 0 Å². The molecule has 2 aliphatic heterocycles. The molecular formula is C6H11N3O. The average molecular weight is 141 g/mol. The van der Waals surface area contributed by atoms with E-state index in [1.807, 2.05) is 7.05 Å². The molecular weight excluding hydrogens is 130 g/mol. The number of rotatable bonds is 0. The van der Waals surface area contributed by atoms with Crippen molar-refractivity contribution in [2.75, 3.05) is 26.8 Å².